The van der Waals surface area contributed by atoms with Crippen molar-refractivity contribution in [1.82, 2.24) is 10.2 Å². The summed E-state index contributed by atoms with van der Waals surface area (Å²) in [6, 6.07) is 31.5. The van der Waals surface area contributed by atoms with Crippen LogP contribution in [0.3, 0.4) is 0 Å². The highest BCUT2D eigenvalue weighted by molar-refractivity contribution is 6.16. The van der Waals surface area contributed by atoms with Crippen molar-refractivity contribution in [2.45, 2.75) is 12.6 Å². The van der Waals surface area contributed by atoms with Crippen LogP contribution in [0.2, 0.25) is 0 Å². The fourth-order valence-corrected chi connectivity index (χ4v) is 3.71. The van der Waals surface area contributed by atoms with Crippen LogP contribution >= 0.6 is 0 Å². The molecule has 0 radical (unpaired) electrons. The van der Waals surface area contributed by atoms with E-state index < -0.39 is 6.17 Å². The summed E-state index contributed by atoms with van der Waals surface area (Å²) in [5, 5.41) is 11.8. The lowest BCUT2D eigenvalue weighted by Gasteiger charge is -2.14. The summed E-state index contributed by atoms with van der Waals surface area (Å²) in [6.45, 7) is 0. The van der Waals surface area contributed by atoms with Gasteiger partial charge in [-0.15, -0.1) is 10.2 Å². The van der Waals surface area contributed by atoms with E-state index in [1.165, 1.54) is 0 Å². The minimum atomic E-state index is -0.737. The van der Waals surface area contributed by atoms with Gasteiger partial charge in [0.25, 0.3) is 0 Å². The van der Waals surface area contributed by atoms with Crippen LogP contribution in [-0.4, -0.2) is 27.9 Å². The summed E-state index contributed by atoms with van der Waals surface area (Å²) < 4.78 is 0. The average molecular weight is 404 g/mol. The Balaban J connectivity index is 1.48. The fourth-order valence-electron chi connectivity index (χ4n) is 3.71. The molecule has 1 N–H and O–H groups in total. The molecule has 0 saturated carbocycles. The molecule has 0 aliphatic carbocycles. The summed E-state index contributed by atoms with van der Waals surface area (Å²) in [5.74, 6) is 0.507. The number of benzene rings is 3. The minimum absolute atomic E-state index is 0.00711. The Labute approximate surface area is 180 Å². The number of aliphatic imine (C=N–C) groups is 1. The van der Waals surface area contributed by atoms with Crippen molar-refractivity contribution in [1.29, 1.82) is 0 Å². The summed E-state index contributed by atoms with van der Waals surface area (Å²) in [7, 11) is 0. The number of hydrogen-bond donors (Lipinski definition) is 1. The van der Waals surface area contributed by atoms with Crippen LogP contribution in [0.4, 0.5) is 5.82 Å². The molecule has 2 heterocycles. The van der Waals surface area contributed by atoms with E-state index in [4.69, 9.17) is 4.99 Å². The quantitative estimate of drug-likeness (QED) is 0.542. The normalized spacial score (nSPS) is 15.5. The molecular formula is C26H20N4O. The minimum Gasteiger partial charge on any atom is -0.341 e. The highest BCUT2D eigenvalue weighted by Crippen LogP contribution is 2.23. The number of anilines is 1. The Morgan fingerprint density at radius 3 is 2.10 bits per heavy atom. The summed E-state index contributed by atoms with van der Waals surface area (Å²) >= 11 is 0. The Kier molecular flexibility index (Phi) is 5.07. The number of nitrogens with zero attached hydrogens (tertiary/aromatic N) is 3. The van der Waals surface area contributed by atoms with Crippen LogP contribution in [0.1, 0.15) is 16.7 Å². The maximum absolute atomic E-state index is 13.0. The van der Waals surface area contributed by atoms with E-state index >= 15 is 0 Å². The number of rotatable bonds is 4. The second-order valence-corrected chi connectivity index (χ2v) is 7.36. The molecule has 1 unspecified atom stereocenters. The maximum atomic E-state index is 13.0. The summed E-state index contributed by atoms with van der Waals surface area (Å²) in [6.07, 6.45) is -0.428. The van der Waals surface area contributed by atoms with Crippen LogP contribution < -0.4 is 5.32 Å². The molecule has 3 aromatic carbocycles. The number of carbonyl (C=O) groups is 1. The Morgan fingerprint density at radius 1 is 0.710 bits per heavy atom. The van der Waals surface area contributed by atoms with Crippen LogP contribution in [-0.2, 0) is 11.2 Å². The molecule has 0 fully saturated rings. The van der Waals surface area contributed by atoms with Crippen molar-refractivity contribution in [3.63, 3.8) is 0 Å². The first-order chi connectivity index (χ1) is 15.3. The molecular weight excluding hydrogens is 384 g/mol. The second kappa shape index (κ2) is 8.32. The van der Waals surface area contributed by atoms with E-state index in [1.54, 1.807) is 0 Å². The van der Waals surface area contributed by atoms with Gasteiger partial charge in [-0.3, -0.25) is 9.79 Å². The number of carbonyl (C=O) groups excluding carboxylic acids is 1. The SMILES string of the molecule is O=C1Cc2ccccc2C(c2ccccc2)=NC1Nc1ccc(-c2ccccc2)nn1. The molecule has 1 aliphatic rings. The molecule has 5 rings (SSSR count). The molecule has 0 amide bonds. The zero-order valence-electron chi connectivity index (χ0n) is 16.8. The van der Waals surface area contributed by atoms with Gasteiger partial charge < -0.3 is 5.32 Å². The zero-order valence-corrected chi connectivity index (χ0v) is 16.8. The third kappa shape index (κ3) is 3.98. The summed E-state index contributed by atoms with van der Waals surface area (Å²) in [5.41, 5.74) is 5.50. The van der Waals surface area contributed by atoms with Crippen molar-refractivity contribution in [3.05, 3.63) is 114 Å². The standard InChI is InChI=1S/C26H20N4O/c31-23-17-20-13-7-8-14-21(20)25(19-11-5-2-6-12-19)28-26(23)27-24-16-15-22(29-30-24)18-9-3-1-4-10-18/h1-16,26H,17H2,(H,27,30). The predicted molar refractivity (Wildman–Crippen MR) is 122 cm³/mol. The highest BCUT2D eigenvalue weighted by Gasteiger charge is 2.26. The van der Waals surface area contributed by atoms with Gasteiger partial charge in [0, 0.05) is 23.1 Å². The van der Waals surface area contributed by atoms with Crippen LogP contribution in [0.15, 0.2) is 102 Å². The van der Waals surface area contributed by atoms with Crippen molar-refractivity contribution >= 4 is 17.3 Å². The fraction of sp³-hybridized carbons (Fsp3) is 0.0769. The molecule has 5 heteroatoms. The third-order valence-electron chi connectivity index (χ3n) is 5.27. The van der Waals surface area contributed by atoms with Crippen molar-refractivity contribution in [2.24, 2.45) is 4.99 Å². The lowest BCUT2D eigenvalue weighted by atomic mass is 9.96. The maximum Gasteiger partial charge on any atom is 0.181 e. The summed E-state index contributed by atoms with van der Waals surface area (Å²) in [4.78, 5) is 17.9. The van der Waals surface area contributed by atoms with Gasteiger partial charge in [-0.1, -0.05) is 84.9 Å². The third-order valence-corrected chi connectivity index (χ3v) is 5.27. The van der Waals surface area contributed by atoms with E-state index in [0.717, 1.165) is 33.7 Å². The Hall–Kier alpha value is -4.12. The molecule has 1 aromatic heterocycles. The number of nitrogens with one attached hydrogen (secondary N) is 1. The van der Waals surface area contributed by atoms with E-state index in [9.17, 15) is 4.79 Å². The van der Waals surface area contributed by atoms with Gasteiger partial charge >= 0.3 is 0 Å². The van der Waals surface area contributed by atoms with Gasteiger partial charge in [0.05, 0.1) is 11.4 Å². The van der Waals surface area contributed by atoms with E-state index in [-0.39, 0.29) is 5.78 Å². The first-order valence-electron chi connectivity index (χ1n) is 10.2. The second-order valence-electron chi connectivity index (χ2n) is 7.36. The molecule has 31 heavy (non-hydrogen) atoms. The largest absolute Gasteiger partial charge is 0.341 e. The monoisotopic (exact) mass is 404 g/mol. The Morgan fingerprint density at radius 2 is 1.39 bits per heavy atom. The van der Waals surface area contributed by atoms with Crippen molar-refractivity contribution in [3.8, 4) is 11.3 Å². The van der Waals surface area contributed by atoms with E-state index in [0.29, 0.717) is 12.2 Å². The lowest BCUT2D eigenvalue weighted by molar-refractivity contribution is -0.118. The molecule has 4 aromatic rings. The number of hydrogen-bond acceptors (Lipinski definition) is 5. The van der Waals surface area contributed by atoms with Crippen LogP contribution in [0.25, 0.3) is 11.3 Å². The Bertz CT molecular complexity index is 1240. The number of fused-ring (bicyclic) bond motifs is 1. The highest BCUT2D eigenvalue weighted by atomic mass is 16.1. The van der Waals surface area contributed by atoms with Crippen LogP contribution in [0.5, 0.6) is 0 Å². The molecule has 0 saturated heterocycles. The van der Waals surface area contributed by atoms with Crippen molar-refractivity contribution in [2.75, 3.05) is 5.32 Å². The average Bonchev–Trinajstić information content (AvgIpc) is 2.97. The van der Waals surface area contributed by atoms with Gasteiger partial charge in [0.2, 0.25) is 0 Å². The predicted octanol–water partition coefficient (Wildman–Crippen LogP) is 4.54. The topological polar surface area (TPSA) is 67.2 Å². The van der Waals surface area contributed by atoms with Gasteiger partial charge in [0.1, 0.15) is 0 Å². The van der Waals surface area contributed by atoms with Gasteiger partial charge in [-0.05, 0) is 17.7 Å². The van der Waals surface area contributed by atoms with Gasteiger partial charge in [0.15, 0.2) is 17.8 Å². The van der Waals surface area contributed by atoms with E-state index in [2.05, 4.69) is 15.5 Å². The number of aromatic nitrogens is 2. The first-order valence-corrected chi connectivity index (χ1v) is 10.2. The van der Waals surface area contributed by atoms with Gasteiger partial charge in [-0.25, -0.2) is 0 Å². The number of Topliss-reactive ketones (excluding diaryl/α,β-unsaturated/α-hetero) is 1. The molecule has 150 valence electrons. The first kappa shape index (κ1) is 18.9. The molecule has 1 atom stereocenters. The van der Waals surface area contributed by atoms with Crippen LogP contribution in [0, 0.1) is 0 Å². The number of ketones is 1. The van der Waals surface area contributed by atoms with E-state index in [1.807, 2.05) is 97.1 Å². The molecule has 0 spiro atoms. The smallest absolute Gasteiger partial charge is 0.181 e. The molecule has 1 aliphatic heterocycles. The molecule has 5 nitrogen and oxygen atoms in total. The molecule has 0 bridgehead atoms. The van der Waals surface area contributed by atoms with Gasteiger partial charge in [-0.2, -0.15) is 0 Å². The van der Waals surface area contributed by atoms with Crippen molar-refractivity contribution < 1.29 is 4.79 Å². The lowest BCUT2D eigenvalue weighted by Crippen LogP contribution is -2.29. The zero-order chi connectivity index (χ0) is 21.0.